The smallest absolute Gasteiger partial charge is 0.259 e. The highest BCUT2D eigenvalue weighted by Crippen LogP contribution is 2.19. The molecule has 0 radical (unpaired) electrons. The van der Waals surface area contributed by atoms with Gasteiger partial charge in [0.1, 0.15) is 5.75 Å². The molecule has 3 aromatic heterocycles. The van der Waals surface area contributed by atoms with E-state index in [0.29, 0.717) is 18.0 Å². The molecule has 0 aliphatic heterocycles. The van der Waals surface area contributed by atoms with E-state index in [1.165, 1.54) is 0 Å². The second-order valence-electron chi connectivity index (χ2n) is 5.94. The number of hydrogen-bond donors (Lipinski definition) is 0. The van der Waals surface area contributed by atoms with Gasteiger partial charge in [0.25, 0.3) is 5.56 Å². The van der Waals surface area contributed by atoms with Gasteiger partial charge in [0, 0.05) is 43.0 Å². The molecule has 130 valence electrons. The van der Waals surface area contributed by atoms with Gasteiger partial charge in [0.05, 0.1) is 12.8 Å². The molecule has 6 heteroatoms. The van der Waals surface area contributed by atoms with E-state index in [1.807, 2.05) is 47.2 Å². The Morgan fingerprint density at radius 2 is 1.88 bits per heavy atom. The largest absolute Gasteiger partial charge is 0.496 e. The number of benzene rings is 1. The van der Waals surface area contributed by atoms with Gasteiger partial charge in [-0.1, -0.05) is 18.2 Å². The fraction of sp³-hybridized carbons (Fsp3) is 0.150. The number of pyridine rings is 1. The van der Waals surface area contributed by atoms with Gasteiger partial charge in [-0.05, 0) is 30.2 Å². The summed E-state index contributed by atoms with van der Waals surface area (Å²) in [5.74, 6) is 1.49. The average molecular weight is 346 g/mol. The lowest BCUT2D eigenvalue weighted by Gasteiger charge is -2.09. The fourth-order valence-corrected chi connectivity index (χ4v) is 3.03. The normalized spacial score (nSPS) is 11.0. The van der Waals surface area contributed by atoms with Crippen LogP contribution in [-0.4, -0.2) is 26.0 Å². The number of fused-ring (bicyclic) bond motifs is 1. The third-order valence-corrected chi connectivity index (χ3v) is 4.38. The molecule has 0 amide bonds. The molecule has 4 aromatic rings. The molecule has 0 unspecified atom stereocenters. The molecular weight excluding hydrogens is 328 g/mol. The average Bonchev–Trinajstić information content (AvgIpc) is 3.11. The Hall–Kier alpha value is -3.41. The highest BCUT2D eigenvalue weighted by molar-refractivity contribution is 5.59. The first-order chi connectivity index (χ1) is 12.8. The van der Waals surface area contributed by atoms with E-state index in [1.54, 1.807) is 36.2 Å². The van der Waals surface area contributed by atoms with E-state index in [9.17, 15) is 4.79 Å². The number of ether oxygens (including phenoxy) is 1. The Labute approximate surface area is 150 Å². The Morgan fingerprint density at radius 1 is 1.08 bits per heavy atom. The SMILES string of the molecule is COc1ccccc1CCn1ccn2c(=O)cc(-c3ccncc3)nc12. The number of rotatable bonds is 5. The fourth-order valence-electron chi connectivity index (χ4n) is 3.03. The van der Waals surface area contributed by atoms with Crippen LogP contribution in [0, 0.1) is 0 Å². The van der Waals surface area contributed by atoms with Crippen molar-refractivity contribution in [3.8, 4) is 17.0 Å². The lowest BCUT2D eigenvalue weighted by atomic mass is 10.1. The van der Waals surface area contributed by atoms with E-state index < -0.39 is 0 Å². The highest BCUT2D eigenvalue weighted by atomic mass is 16.5. The first-order valence-electron chi connectivity index (χ1n) is 8.37. The predicted molar refractivity (Wildman–Crippen MR) is 99.4 cm³/mol. The Balaban J connectivity index is 1.70. The van der Waals surface area contributed by atoms with Crippen LogP contribution in [0.4, 0.5) is 0 Å². The minimum Gasteiger partial charge on any atom is -0.496 e. The first-order valence-corrected chi connectivity index (χ1v) is 8.37. The molecule has 0 atom stereocenters. The molecule has 4 rings (SSSR count). The van der Waals surface area contributed by atoms with Gasteiger partial charge < -0.3 is 9.30 Å². The topological polar surface area (TPSA) is 61.4 Å². The van der Waals surface area contributed by atoms with Gasteiger partial charge in [0.15, 0.2) is 0 Å². The summed E-state index contributed by atoms with van der Waals surface area (Å²) in [5.41, 5.74) is 2.54. The number of aryl methyl sites for hydroxylation is 2. The molecule has 0 bridgehead atoms. The van der Waals surface area contributed by atoms with Crippen LogP contribution >= 0.6 is 0 Å². The van der Waals surface area contributed by atoms with Gasteiger partial charge in [-0.15, -0.1) is 0 Å². The molecule has 26 heavy (non-hydrogen) atoms. The lowest BCUT2D eigenvalue weighted by Crippen LogP contribution is -2.14. The summed E-state index contributed by atoms with van der Waals surface area (Å²) >= 11 is 0. The molecule has 0 fully saturated rings. The molecule has 0 saturated carbocycles. The van der Waals surface area contributed by atoms with Crippen molar-refractivity contribution in [2.75, 3.05) is 7.11 Å². The maximum absolute atomic E-state index is 12.4. The summed E-state index contributed by atoms with van der Waals surface area (Å²) in [4.78, 5) is 21.1. The molecule has 6 nitrogen and oxygen atoms in total. The monoisotopic (exact) mass is 346 g/mol. The van der Waals surface area contributed by atoms with Crippen LogP contribution in [0.1, 0.15) is 5.56 Å². The molecular formula is C20H18N4O2. The van der Waals surface area contributed by atoms with Crippen molar-refractivity contribution < 1.29 is 4.74 Å². The second kappa shape index (κ2) is 6.84. The van der Waals surface area contributed by atoms with Crippen LogP contribution in [0.3, 0.4) is 0 Å². The van der Waals surface area contributed by atoms with Crippen molar-refractivity contribution in [2.24, 2.45) is 0 Å². The summed E-state index contributed by atoms with van der Waals surface area (Å²) in [6, 6.07) is 13.2. The Kier molecular flexibility index (Phi) is 4.23. The zero-order valence-corrected chi connectivity index (χ0v) is 14.4. The van der Waals surface area contributed by atoms with Crippen molar-refractivity contribution >= 4 is 5.78 Å². The molecule has 3 heterocycles. The summed E-state index contributed by atoms with van der Waals surface area (Å²) in [5, 5.41) is 0. The van der Waals surface area contributed by atoms with Crippen molar-refractivity contribution in [1.29, 1.82) is 0 Å². The van der Waals surface area contributed by atoms with E-state index in [4.69, 9.17) is 4.74 Å². The zero-order chi connectivity index (χ0) is 17.9. The van der Waals surface area contributed by atoms with Crippen LogP contribution in [0.15, 0.2) is 72.0 Å². The molecule has 0 saturated heterocycles. The Morgan fingerprint density at radius 3 is 2.69 bits per heavy atom. The van der Waals surface area contributed by atoms with Gasteiger partial charge in [-0.3, -0.25) is 14.2 Å². The van der Waals surface area contributed by atoms with Crippen LogP contribution < -0.4 is 10.3 Å². The minimum absolute atomic E-state index is 0.0992. The van der Waals surface area contributed by atoms with Crippen LogP contribution in [0.25, 0.3) is 17.0 Å². The molecule has 0 N–H and O–H groups in total. The van der Waals surface area contributed by atoms with E-state index in [0.717, 1.165) is 23.3 Å². The van der Waals surface area contributed by atoms with Crippen molar-refractivity contribution in [3.05, 3.63) is 83.2 Å². The van der Waals surface area contributed by atoms with E-state index in [-0.39, 0.29) is 5.56 Å². The summed E-state index contributed by atoms with van der Waals surface area (Å²) in [6.07, 6.45) is 7.81. The van der Waals surface area contributed by atoms with Gasteiger partial charge in [-0.25, -0.2) is 4.98 Å². The molecule has 0 aliphatic rings. The number of methoxy groups -OCH3 is 1. The summed E-state index contributed by atoms with van der Waals surface area (Å²) in [7, 11) is 1.67. The minimum atomic E-state index is -0.0992. The number of imidazole rings is 1. The highest BCUT2D eigenvalue weighted by Gasteiger charge is 2.10. The number of nitrogens with zero attached hydrogens (tertiary/aromatic N) is 4. The van der Waals surface area contributed by atoms with Gasteiger partial charge >= 0.3 is 0 Å². The quantitative estimate of drug-likeness (QED) is 0.557. The number of aromatic nitrogens is 4. The standard InChI is InChI=1S/C20H18N4O2/c1-26-18-5-3-2-4-16(18)8-11-23-12-13-24-19(25)14-17(22-20(23)24)15-6-9-21-10-7-15/h2-7,9-10,12-14H,8,11H2,1H3. The third-order valence-electron chi connectivity index (χ3n) is 4.38. The maximum atomic E-state index is 12.4. The zero-order valence-electron chi connectivity index (χ0n) is 14.4. The number of hydrogen-bond acceptors (Lipinski definition) is 4. The van der Waals surface area contributed by atoms with Crippen molar-refractivity contribution in [1.82, 2.24) is 18.9 Å². The molecule has 1 aromatic carbocycles. The van der Waals surface area contributed by atoms with Gasteiger partial charge in [-0.2, -0.15) is 0 Å². The summed E-state index contributed by atoms with van der Waals surface area (Å²) < 4.78 is 8.96. The van der Waals surface area contributed by atoms with E-state index in [2.05, 4.69) is 9.97 Å². The lowest BCUT2D eigenvalue weighted by molar-refractivity contribution is 0.408. The Bertz CT molecular complexity index is 1100. The van der Waals surface area contributed by atoms with Crippen LogP contribution in [-0.2, 0) is 13.0 Å². The van der Waals surface area contributed by atoms with Crippen LogP contribution in [0.5, 0.6) is 5.75 Å². The third kappa shape index (κ3) is 2.97. The van der Waals surface area contributed by atoms with Crippen molar-refractivity contribution in [2.45, 2.75) is 13.0 Å². The second-order valence-corrected chi connectivity index (χ2v) is 5.94. The van der Waals surface area contributed by atoms with Gasteiger partial charge in [0.2, 0.25) is 5.78 Å². The molecule has 0 aliphatic carbocycles. The van der Waals surface area contributed by atoms with Crippen LogP contribution in [0.2, 0.25) is 0 Å². The van der Waals surface area contributed by atoms with Crippen molar-refractivity contribution in [3.63, 3.8) is 0 Å². The number of para-hydroxylation sites is 1. The summed E-state index contributed by atoms with van der Waals surface area (Å²) in [6.45, 7) is 0.698. The molecule has 0 spiro atoms. The predicted octanol–water partition coefficient (Wildman–Crippen LogP) is 2.81. The first kappa shape index (κ1) is 16.1. The maximum Gasteiger partial charge on any atom is 0.259 e. The van der Waals surface area contributed by atoms with E-state index >= 15 is 0 Å².